The highest BCUT2D eigenvalue weighted by Gasteiger charge is 2.20. The minimum Gasteiger partial charge on any atom is -0.385 e. The molecule has 1 aliphatic heterocycles. The predicted octanol–water partition coefficient (Wildman–Crippen LogP) is 1.13. The average Bonchev–Trinajstić information content (AvgIpc) is 2.85. The van der Waals surface area contributed by atoms with Gasteiger partial charge in [-0.05, 0) is 31.8 Å². The maximum Gasteiger partial charge on any atom is 0.124 e. The first-order valence-corrected chi connectivity index (χ1v) is 6.23. The molecule has 2 aliphatic rings. The average molecular weight is 235 g/mol. The molecule has 0 radical (unpaired) electrons. The van der Waals surface area contributed by atoms with E-state index in [1.54, 1.807) is 0 Å². The molecule has 0 aromatic carbocycles. The van der Waals surface area contributed by atoms with Crippen molar-refractivity contribution >= 4 is 5.84 Å². The lowest BCUT2D eigenvalue weighted by Crippen LogP contribution is -2.30. The molecule has 0 bridgehead atoms. The smallest absolute Gasteiger partial charge is 0.124 e. The molecule has 4 nitrogen and oxygen atoms in total. The van der Waals surface area contributed by atoms with Crippen molar-refractivity contribution < 1.29 is 4.74 Å². The molecule has 1 saturated heterocycles. The Balaban J connectivity index is 2.04. The van der Waals surface area contributed by atoms with Gasteiger partial charge in [-0.1, -0.05) is 17.7 Å². The van der Waals surface area contributed by atoms with Gasteiger partial charge in [0.2, 0.25) is 0 Å². The molecule has 0 saturated carbocycles. The van der Waals surface area contributed by atoms with Crippen LogP contribution in [-0.4, -0.2) is 31.1 Å². The summed E-state index contributed by atoms with van der Waals surface area (Å²) in [4.78, 5) is 4.54. The van der Waals surface area contributed by atoms with E-state index in [4.69, 9.17) is 16.2 Å². The van der Waals surface area contributed by atoms with Gasteiger partial charge in [-0.3, -0.25) is 4.99 Å². The molecule has 1 aliphatic carbocycles. The lowest BCUT2D eigenvalue weighted by atomic mass is 9.96. The van der Waals surface area contributed by atoms with Crippen LogP contribution in [0.4, 0.5) is 0 Å². The van der Waals surface area contributed by atoms with Crippen LogP contribution in [0.2, 0.25) is 0 Å². The third-order valence-electron chi connectivity index (χ3n) is 3.36. The SMILES string of the molecule is CC1=CCC(N=C(N)C2CCCO2)C=C1CN. The summed E-state index contributed by atoms with van der Waals surface area (Å²) in [7, 11) is 0. The molecule has 0 aromatic rings. The van der Waals surface area contributed by atoms with E-state index < -0.39 is 0 Å². The zero-order chi connectivity index (χ0) is 12.3. The molecule has 2 atom stereocenters. The number of hydrogen-bond donors (Lipinski definition) is 2. The molecule has 1 heterocycles. The van der Waals surface area contributed by atoms with Crippen LogP contribution < -0.4 is 11.5 Å². The number of aliphatic imine (C=N–C) groups is 1. The van der Waals surface area contributed by atoms with Crippen molar-refractivity contribution in [1.29, 1.82) is 0 Å². The third kappa shape index (κ3) is 2.96. The summed E-state index contributed by atoms with van der Waals surface area (Å²) < 4.78 is 5.51. The number of ether oxygens (including phenoxy) is 1. The molecule has 0 aromatic heterocycles. The first-order valence-electron chi connectivity index (χ1n) is 6.23. The van der Waals surface area contributed by atoms with Crippen molar-refractivity contribution in [1.82, 2.24) is 0 Å². The molecule has 94 valence electrons. The fraction of sp³-hybridized carbons (Fsp3) is 0.615. The van der Waals surface area contributed by atoms with Gasteiger partial charge in [0.05, 0.1) is 6.04 Å². The Hall–Kier alpha value is -1.13. The maximum atomic E-state index is 5.98. The number of nitrogens with two attached hydrogens (primary N) is 2. The fourth-order valence-corrected chi connectivity index (χ4v) is 2.26. The van der Waals surface area contributed by atoms with Crippen LogP contribution >= 0.6 is 0 Å². The Bertz CT molecular complexity index is 365. The second-order valence-corrected chi connectivity index (χ2v) is 4.64. The summed E-state index contributed by atoms with van der Waals surface area (Å²) in [6.07, 6.45) is 7.30. The highest BCUT2D eigenvalue weighted by atomic mass is 16.5. The van der Waals surface area contributed by atoms with E-state index in [1.807, 2.05) is 0 Å². The van der Waals surface area contributed by atoms with Crippen molar-refractivity contribution in [3.05, 3.63) is 23.3 Å². The predicted molar refractivity (Wildman–Crippen MR) is 69.9 cm³/mol. The van der Waals surface area contributed by atoms with Gasteiger partial charge in [-0.25, -0.2) is 0 Å². The quantitative estimate of drug-likeness (QED) is 0.569. The summed E-state index contributed by atoms with van der Waals surface area (Å²) in [5.74, 6) is 0.632. The highest BCUT2D eigenvalue weighted by molar-refractivity contribution is 5.85. The van der Waals surface area contributed by atoms with Crippen molar-refractivity contribution in [2.45, 2.75) is 38.3 Å². The first-order chi connectivity index (χ1) is 8.20. The molecule has 4 N–H and O–H groups in total. The fourth-order valence-electron chi connectivity index (χ4n) is 2.26. The first kappa shape index (κ1) is 12.3. The number of amidine groups is 1. The molecule has 0 spiro atoms. The lowest BCUT2D eigenvalue weighted by Gasteiger charge is -2.18. The van der Waals surface area contributed by atoms with Crippen LogP contribution in [0, 0.1) is 0 Å². The van der Waals surface area contributed by atoms with Gasteiger partial charge in [0.15, 0.2) is 0 Å². The second kappa shape index (κ2) is 5.47. The largest absolute Gasteiger partial charge is 0.385 e. The Morgan fingerprint density at radius 2 is 2.41 bits per heavy atom. The van der Waals surface area contributed by atoms with Gasteiger partial charge in [0, 0.05) is 13.2 Å². The van der Waals surface area contributed by atoms with Gasteiger partial charge in [0.1, 0.15) is 11.9 Å². The zero-order valence-corrected chi connectivity index (χ0v) is 10.4. The normalized spacial score (nSPS) is 30.1. The highest BCUT2D eigenvalue weighted by Crippen LogP contribution is 2.20. The van der Waals surface area contributed by atoms with Crippen LogP contribution in [-0.2, 0) is 4.74 Å². The van der Waals surface area contributed by atoms with Crippen molar-refractivity contribution in [2.24, 2.45) is 16.5 Å². The minimum absolute atomic E-state index is 0.0247. The summed E-state index contributed by atoms with van der Waals surface area (Å²) in [5.41, 5.74) is 14.1. The Labute approximate surface area is 102 Å². The molecule has 0 amide bonds. The van der Waals surface area contributed by atoms with E-state index in [9.17, 15) is 0 Å². The summed E-state index contributed by atoms with van der Waals surface area (Å²) in [5, 5.41) is 0. The minimum atomic E-state index is 0.0247. The topological polar surface area (TPSA) is 73.6 Å². The zero-order valence-electron chi connectivity index (χ0n) is 10.4. The molecule has 4 heteroatoms. The van der Waals surface area contributed by atoms with Crippen molar-refractivity contribution in [3.8, 4) is 0 Å². The molecule has 2 rings (SSSR count). The summed E-state index contributed by atoms with van der Waals surface area (Å²) >= 11 is 0. The third-order valence-corrected chi connectivity index (χ3v) is 3.36. The van der Waals surface area contributed by atoms with Gasteiger partial charge in [-0.2, -0.15) is 0 Å². The summed E-state index contributed by atoms with van der Waals surface area (Å²) in [6.45, 7) is 3.45. The van der Waals surface area contributed by atoms with Crippen LogP contribution in [0.15, 0.2) is 28.3 Å². The lowest BCUT2D eigenvalue weighted by molar-refractivity contribution is 0.157. The molecular weight excluding hydrogens is 214 g/mol. The van der Waals surface area contributed by atoms with Gasteiger partial charge < -0.3 is 16.2 Å². The van der Waals surface area contributed by atoms with Crippen LogP contribution in [0.1, 0.15) is 26.2 Å². The molecular formula is C13H21N3O. The monoisotopic (exact) mass is 235 g/mol. The number of rotatable bonds is 3. The standard InChI is InChI=1S/C13H21N3O/c1-9-4-5-11(7-10(9)8-14)16-13(15)12-3-2-6-17-12/h4,7,11-12H,2-3,5-6,8,14H2,1H3,(H2,15,16). The number of nitrogens with zero attached hydrogens (tertiary/aromatic N) is 1. The molecule has 17 heavy (non-hydrogen) atoms. The Morgan fingerprint density at radius 1 is 1.59 bits per heavy atom. The van der Waals surface area contributed by atoms with E-state index in [0.29, 0.717) is 12.4 Å². The summed E-state index contributed by atoms with van der Waals surface area (Å²) in [6, 6.07) is 0.126. The van der Waals surface area contributed by atoms with Crippen molar-refractivity contribution in [3.63, 3.8) is 0 Å². The van der Waals surface area contributed by atoms with Crippen LogP contribution in [0.5, 0.6) is 0 Å². The van der Waals surface area contributed by atoms with E-state index in [2.05, 4.69) is 24.1 Å². The van der Waals surface area contributed by atoms with Gasteiger partial charge in [-0.15, -0.1) is 0 Å². The number of hydrogen-bond acceptors (Lipinski definition) is 3. The van der Waals surface area contributed by atoms with E-state index in [1.165, 1.54) is 11.1 Å². The van der Waals surface area contributed by atoms with Crippen LogP contribution in [0.3, 0.4) is 0 Å². The Morgan fingerprint density at radius 3 is 3.06 bits per heavy atom. The van der Waals surface area contributed by atoms with E-state index >= 15 is 0 Å². The second-order valence-electron chi connectivity index (χ2n) is 4.64. The van der Waals surface area contributed by atoms with E-state index in [0.717, 1.165) is 25.9 Å². The molecule has 2 unspecified atom stereocenters. The molecule has 1 fully saturated rings. The van der Waals surface area contributed by atoms with E-state index in [-0.39, 0.29) is 12.1 Å². The van der Waals surface area contributed by atoms with Gasteiger partial charge in [0.25, 0.3) is 0 Å². The van der Waals surface area contributed by atoms with Crippen LogP contribution in [0.25, 0.3) is 0 Å². The maximum absolute atomic E-state index is 5.98. The Kier molecular flexibility index (Phi) is 3.97. The van der Waals surface area contributed by atoms with Gasteiger partial charge >= 0.3 is 0 Å². The van der Waals surface area contributed by atoms with Crippen molar-refractivity contribution in [2.75, 3.05) is 13.2 Å².